The van der Waals surface area contributed by atoms with E-state index in [2.05, 4.69) is 34.2 Å². The molecule has 0 atom stereocenters. The number of hydrogen-bond acceptors (Lipinski definition) is 6. The summed E-state index contributed by atoms with van der Waals surface area (Å²) in [5.74, 6) is 1.51. The van der Waals surface area contributed by atoms with Crippen LogP contribution < -0.4 is 0 Å². The molecule has 5 rings (SSSR count). The summed E-state index contributed by atoms with van der Waals surface area (Å²) in [5, 5.41) is 0.567. The number of fused-ring (bicyclic) bond motifs is 1. The zero-order chi connectivity index (χ0) is 21.9. The fraction of sp³-hybridized carbons (Fsp3) is 0.320. The van der Waals surface area contributed by atoms with Crippen LogP contribution in [0, 0.1) is 12.8 Å². The van der Waals surface area contributed by atoms with Crippen molar-refractivity contribution in [2.24, 2.45) is 5.92 Å². The number of piperidine rings is 1. The van der Waals surface area contributed by atoms with Gasteiger partial charge in [-0.25, -0.2) is 9.97 Å². The third kappa shape index (κ3) is 4.72. The normalized spacial score (nSPS) is 14.8. The monoisotopic (exact) mass is 447 g/mol. The number of carbonyl (C=O) groups excluding carboxylic acids is 1. The number of nitrogens with zero attached hydrogens (tertiary/aromatic N) is 3. The van der Waals surface area contributed by atoms with Crippen LogP contribution in [0.2, 0.25) is 0 Å². The van der Waals surface area contributed by atoms with Crippen LogP contribution in [0.25, 0.3) is 11.1 Å². The molecule has 0 unspecified atom stereocenters. The first-order valence-electron chi connectivity index (χ1n) is 10.9. The van der Waals surface area contributed by atoms with Crippen molar-refractivity contribution in [3.05, 3.63) is 77.5 Å². The fourth-order valence-electron chi connectivity index (χ4n) is 4.13. The number of hydrogen-bond donors (Lipinski definition) is 0. The van der Waals surface area contributed by atoms with Crippen LogP contribution in [0.3, 0.4) is 0 Å². The van der Waals surface area contributed by atoms with E-state index in [1.807, 2.05) is 36.1 Å². The Hall–Kier alpha value is -3.06. The minimum atomic E-state index is -0.0551. The Morgan fingerprint density at radius 1 is 1.12 bits per heavy atom. The summed E-state index contributed by atoms with van der Waals surface area (Å²) in [6.07, 6.45) is 4.56. The number of oxazole rings is 2. The summed E-state index contributed by atoms with van der Waals surface area (Å²) in [6.45, 7) is 3.54. The van der Waals surface area contributed by atoms with Crippen molar-refractivity contribution in [2.45, 2.75) is 37.2 Å². The Kier molecular flexibility index (Phi) is 5.99. The molecular formula is C25H25N3O3S. The molecule has 4 aromatic rings. The Balaban J connectivity index is 1.14. The molecule has 0 radical (unpaired) electrons. The molecule has 7 heteroatoms. The highest BCUT2D eigenvalue weighted by Gasteiger charge is 2.25. The minimum absolute atomic E-state index is 0.0551. The molecule has 2 aromatic heterocycles. The van der Waals surface area contributed by atoms with Crippen LogP contribution >= 0.6 is 11.8 Å². The Morgan fingerprint density at radius 3 is 2.75 bits per heavy atom. The lowest BCUT2D eigenvalue weighted by atomic mass is 9.90. The van der Waals surface area contributed by atoms with Crippen LogP contribution in [0.4, 0.5) is 0 Å². The number of rotatable bonds is 6. The van der Waals surface area contributed by atoms with E-state index in [1.165, 1.54) is 23.6 Å². The molecule has 164 valence electrons. The molecule has 0 saturated carbocycles. The highest BCUT2D eigenvalue weighted by atomic mass is 32.2. The van der Waals surface area contributed by atoms with Gasteiger partial charge >= 0.3 is 0 Å². The second-order valence-electron chi connectivity index (χ2n) is 8.29. The Labute approximate surface area is 191 Å². The first-order valence-corrected chi connectivity index (χ1v) is 11.9. The van der Waals surface area contributed by atoms with Crippen molar-refractivity contribution >= 4 is 28.8 Å². The number of carbonyl (C=O) groups is 1. The van der Waals surface area contributed by atoms with Gasteiger partial charge in [0.2, 0.25) is 5.89 Å². The molecule has 6 nitrogen and oxygen atoms in total. The van der Waals surface area contributed by atoms with Crippen molar-refractivity contribution in [2.75, 3.05) is 13.1 Å². The molecular weight excluding hydrogens is 422 g/mol. The summed E-state index contributed by atoms with van der Waals surface area (Å²) in [7, 11) is 0. The van der Waals surface area contributed by atoms with Crippen LogP contribution in [0.1, 0.15) is 40.3 Å². The average molecular weight is 448 g/mol. The average Bonchev–Trinajstić information content (AvgIpc) is 3.45. The van der Waals surface area contributed by atoms with E-state index in [4.69, 9.17) is 8.83 Å². The maximum atomic E-state index is 12.9. The van der Waals surface area contributed by atoms with Crippen molar-refractivity contribution in [1.29, 1.82) is 0 Å². The zero-order valence-corrected chi connectivity index (χ0v) is 18.8. The lowest BCUT2D eigenvalue weighted by Gasteiger charge is -2.31. The van der Waals surface area contributed by atoms with E-state index >= 15 is 0 Å². The molecule has 1 aliphatic heterocycles. The highest BCUT2D eigenvalue weighted by Crippen LogP contribution is 2.27. The number of aryl methyl sites for hydroxylation is 1. The van der Waals surface area contributed by atoms with Gasteiger partial charge in [0.15, 0.2) is 11.3 Å². The van der Waals surface area contributed by atoms with Gasteiger partial charge in [0.05, 0.1) is 5.75 Å². The fourth-order valence-corrected chi connectivity index (χ4v) is 4.82. The lowest BCUT2D eigenvalue weighted by molar-refractivity contribution is 0.0684. The molecule has 0 spiro atoms. The number of aromatic nitrogens is 2. The van der Waals surface area contributed by atoms with E-state index in [0.717, 1.165) is 49.0 Å². The molecule has 0 bridgehead atoms. The summed E-state index contributed by atoms with van der Waals surface area (Å²) in [4.78, 5) is 23.7. The lowest BCUT2D eigenvalue weighted by Crippen LogP contribution is -2.39. The molecule has 1 saturated heterocycles. The van der Waals surface area contributed by atoms with E-state index < -0.39 is 0 Å². The number of amides is 1. The summed E-state index contributed by atoms with van der Waals surface area (Å²) in [6, 6.07) is 16.5. The smallest absolute Gasteiger partial charge is 0.275 e. The van der Waals surface area contributed by atoms with Crippen LogP contribution in [-0.2, 0) is 12.2 Å². The molecule has 32 heavy (non-hydrogen) atoms. The van der Waals surface area contributed by atoms with Crippen LogP contribution in [-0.4, -0.2) is 33.9 Å². The molecule has 1 amide bonds. The summed E-state index contributed by atoms with van der Waals surface area (Å²) < 4.78 is 11.3. The van der Waals surface area contributed by atoms with Gasteiger partial charge in [-0.3, -0.25) is 4.79 Å². The van der Waals surface area contributed by atoms with E-state index in [0.29, 0.717) is 28.5 Å². The summed E-state index contributed by atoms with van der Waals surface area (Å²) in [5.41, 5.74) is 4.48. The maximum Gasteiger partial charge on any atom is 0.275 e. The number of benzene rings is 2. The predicted octanol–water partition coefficient (Wildman–Crippen LogP) is 5.51. The standard InChI is InChI=1S/C25H25N3O3S/c1-17-7-8-22-20(13-17)27-25(31-22)32-16-23-26-21(15-30-23)24(29)28-11-9-19(10-12-28)14-18-5-3-2-4-6-18/h2-8,13,15,19H,9-12,14,16H2,1H3. The van der Waals surface area contributed by atoms with Gasteiger partial charge in [-0.1, -0.05) is 48.2 Å². The Bertz CT molecular complexity index is 1210. The quantitative estimate of drug-likeness (QED) is 0.363. The molecule has 0 N–H and O–H groups in total. The highest BCUT2D eigenvalue weighted by molar-refractivity contribution is 7.98. The second kappa shape index (κ2) is 9.20. The SMILES string of the molecule is Cc1ccc2oc(SCc3nc(C(=O)N4CCC(Cc5ccccc5)CC4)co3)nc2c1. The van der Waals surface area contributed by atoms with Gasteiger partial charge in [0.25, 0.3) is 11.1 Å². The number of thioether (sulfide) groups is 1. The van der Waals surface area contributed by atoms with E-state index in [1.54, 1.807) is 0 Å². The molecule has 0 aliphatic carbocycles. The van der Waals surface area contributed by atoms with Crippen LogP contribution in [0.15, 0.2) is 68.9 Å². The number of likely N-dealkylation sites (tertiary alicyclic amines) is 1. The van der Waals surface area contributed by atoms with Crippen molar-refractivity contribution in [3.8, 4) is 0 Å². The first-order chi connectivity index (χ1) is 15.6. The van der Waals surface area contributed by atoms with E-state index in [-0.39, 0.29) is 5.91 Å². The van der Waals surface area contributed by atoms with Gasteiger partial charge in [0, 0.05) is 13.1 Å². The van der Waals surface area contributed by atoms with Crippen molar-refractivity contribution in [1.82, 2.24) is 14.9 Å². The van der Waals surface area contributed by atoms with Crippen LogP contribution in [0.5, 0.6) is 0 Å². The summed E-state index contributed by atoms with van der Waals surface area (Å²) >= 11 is 1.41. The largest absolute Gasteiger partial charge is 0.447 e. The zero-order valence-electron chi connectivity index (χ0n) is 18.0. The minimum Gasteiger partial charge on any atom is -0.447 e. The van der Waals surface area contributed by atoms with Gasteiger partial charge < -0.3 is 13.7 Å². The van der Waals surface area contributed by atoms with Gasteiger partial charge in [0.1, 0.15) is 11.8 Å². The topological polar surface area (TPSA) is 72.4 Å². The van der Waals surface area contributed by atoms with Gasteiger partial charge in [-0.2, -0.15) is 0 Å². The van der Waals surface area contributed by atoms with Crippen molar-refractivity contribution < 1.29 is 13.6 Å². The first kappa shape index (κ1) is 20.8. The van der Waals surface area contributed by atoms with Gasteiger partial charge in [-0.05, 0) is 55.4 Å². The van der Waals surface area contributed by atoms with Gasteiger partial charge in [-0.15, -0.1) is 0 Å². The van der Waals surface area contributed by atoms with Crippen molar-refractivity contribution in [3.63, 3.8) is 0 Å². The van der Waals surface area contributed by atoms with E-state index in [9.17, 15) is 4.79 Å². The Morgan fingerprint density at radius 2 is 1.94 bits per heavy atom. The third-order valence-electron chi connectivity index (χ3n) is 5.88. The second-order valence-corrected chi connectivity index (χ2v) is 9.22. The molecule has 2 aromatic carbocycles. The molecule has 1 fully saturated rings. The predicted molar refractivity (Wildman–Crippen MR) is 124 cm³/mol. The molecule has 1 aliphatic rings. The third-order valence-corrected chi connectivity index (χ3v) is 6.70. The molecule has 3 heterocycles. The maximum absolute atomic E-state index is 12.9.